The molecule has 1 heterocycles. The monoisotopic (exact) mass is 614 g/mol. The van der Waals surface area contributed by atoms with Crippen molar-refractivity contribution < 1.29 is 0 Å². The first-order valence-corrected chi connectivity index (χ1v) is 16.6. The van der Waals surface area contributed by atoms with E-state index < -0.39 is 0 Å². The molecule has 228 valence electrons. The van der Waals surface area contributed by atoms with E-state index >= 15 is 0 Å². The van der Waals surface area contributed by atoms with Gasteiger partial charge in [0.05, 0.1) is 0 Å². The van der Waals surface area contributed by atoms with Crippen molar-refractivity contribution in [1.29, 1.82) is 0 Å². The molecule has 0 saturated carbocycles. The average molecular weight is 615 g/mol. The van der Waals surface area contributed by atoms with Crippen LogP contribution < -0.4 is 4.90 Å². The van der Waals surface area contributed by atoms with Crippen LogP contribution in [0.25, 0.3) is 54.9 Å². The Balaban J connectivity index is 1.10. The molecular weight excluding hydrogens is 581 g/mol. The third-order valence-electron chi connectivity index (χ3n) is 10.1. The highest BCUT2D eigenvalue weighted by molar-refractivity contribution is 6.16. The van der Waals surface area contributed by atoms with Crippen LogP contribution in [0.3, 0.4) is 0 Å². The van der Waals surface area contributed by atoms with Crippen molar-refractivity contribution in [2.45, 2.75) is 19.3 Å². The number of hydrogen-bond donors (Lipinski definition) is 0. The van der Waals surface area contributed by atoms with Crippen LogP contribution >= 0.6 is 0 Å². The molecule has 9 rings (SSSR count). The van der Waals surface area contributed by atoms with E-state index in [2.05, 4.69) is 175 Å². The normalized spacial score (nSPS) is 13.0. The predicted molar refractivity (Wildman–Crippen MR) is 202 cm³/mol. The van der Waals surface area contributed by atoms with Gasteiger partial charge in [0.2, 0.25) is 0 Å². The van der Waals surface area contributed by atoms with Crippen molar-refractivity contribution in [3.05, 3.63) is 181 Å². The molecule has 0 spiro atoms. The Bertz CT molecular complexity index is 2430. The van der Waals surface area contributed by atoms with Crippen LogP contribution in [0.2, 0.25) is 0 Å². The molecule has 2 heteroatoms. The van der Waals surface area contributed by atoms with Gasteiger partial charge in [-0.3, -0.25) is 4.98 Å². The second kappa shape index (κ2) is 11.1. The maximum Gasteiger partial charge on any atom is 0.0462 e. The van der Waals surface area contributed by atoms with Crippen LogP contribution in [0, 0.1) is 0 Å². The summed E-state index contributed by atoms with van der Waals surface area (Å²) in [5, 5.41) is 5.43. The van der Waals surface area contributed by atoms with E-state index in [1.165, 1.54) is 54.9 Å². The Labute approximate surface area is 281 Å². The highest BCUT2D eigenvalue weighted by Gasteiger charge is 2.35. The van der Waals surface area contributed by atoms with E-state index in [9.17, 15) is 0 Å². The van der Waals surface area contributed by atoms with Crippen LogP contribution in [-0.4, -0.2) is 4.98 Å². The molecule has 0 bridgehead atoms. The lowest BCUT2D eigenvalue weighted by molar-refractivity contribution is 0.663. The number of para-hydroxylation sites is 1. The number of aromatic nitrogens is 1. The largest absolute Gasteiger partial charge is 0.311 e. The molecule has 0 unspecified atom stereocenters. The fourth-order valence-corrected chi connectivity index (χ4v) is 7.59. The molecule has 0 aliphatic heterocycles. The number of anilines is 3. The molecule has 7 aromatic carbocycles. The van der Waals surface area contributed by atoms with Crippen LogP contribution in [0.4, 0.5) is 17.1 Å². The van der Waals surface area contributed by atoms with Crippen molar-refractivity contribution in [2.75, 3.05) is 4.90 Å². The van der Waals surface area contributed by atoms with E-state index in [0.29, 0.717) is 0 Å². The first-order chi connectivity index (χ1) is 23.5. The van der Waals surface area contributed by atoms with Crippen LogP contribution in [0.5, 0.6) is 0 Å². The summed E-state index contributed by atoms with van der Waals surface area (Å²) in [5.74, 6) is 0. The molecule has 1 aliphatic carbocycles. The molecule has 8 aromatic rings. The number of pyridine rings is 1. The fourth-order valence-electron chi connectivity index (χ4n) is 7.59. The van der Waals surface area contributed by atoms with E-state index in [0.717, 1.165) is 28.2 Å². The highest BCUT2D eigenvalue weighted by Crippen LogP contribution is 2.51. The molecule has 0 radical (unpaired) electrons. The Morgan fingerprint density at radius 1 is 0.417 bits per heavy atom. The van der Waals surface area contributed by atoms with Gasteiger partial charge in [0, 0.05) is 34.9 Å². The summed E-state index contributed by atoms with van der Waals surface area (Å²) < 4.78 is 0. The number of hydrogen-bond acceptors (Lipinski definition) is 2. The third-order valence-corrected chi connectivity index (χ3v) is 10.1. The smallest absolute Gasteiger partial charge is 0.0462 e. The molecule has 0 amide bonds. The Morgan fingerprint density at radius 3 is 1.40 bits per heavy atom. The minimum absolute atomic E-state index is 0.104. The first kappa shape index (κ1) is 28.3. The van der Waals surface area contributed by atoms with Gasteiger partial charge in [-0.25, -0.2) is 0 Å². The van der Waals surface area contributed by atoms with Gasteiger partial charge in [-0.1, -0.05) is 105 Å². The number of benzene rings is 7. The van der Waals surface area contributed by atoms with Gasteiger partial charge in [0.15, 0.2) is 0 Å². The molecule has 1 aliphatic rings. The molecule has 0 fully saturated rings. The SMILES string of the molecule is CC1(C)c2cc(-c3ccccc3)cc3ccc4cc(-c5ccc(N(c6ccccc6)c6ccc(-c7cccnc7)cc6)cc5)cc1c4c23. The Morgan fingerprint density at radius 2 is 0.875 bits per heavy atom. The Hall–Kier alpha value is -5.99. The van der Waals surface area contributed by atoms with Gasteiger partial charge < -0.3 is 4.90 Å². The summed E-state index contributed by atoms with van der Waals surface area (Å²) >= 11 is 0. The van der Waals surface area contributed by atoms with Crippen molar-refractivity contribution in [3.63, 3.8) is 0 Å². The average Bonchev–Trinajstić information content (AvgIpc) is 3.38. The van der Waals surface area contributed by atoms with Crippen LogP contribution in [0.1, 0.15) is 25.0 Å². The minimum atomic E-state index is -0.104. The second-order valence-electron chi connectivity index (χ2n) is 13.3. The summed E-state index contributed by atoms with van der Waals surface area (Å²) in [4.78, 5) is 6.62. The van der Waals surface area contributed by atoms with Gasteiger partial charge in [-0.2, -0.15) is 0 Å². The van der Waals surface area contributed by atoms with E-state index in [-0.39, 0.29) is 5.41 Å². The van der Waals surface area contributed by atoms with Gasteiger partial charge in [-0.05, 0) is 133 Å². The molecule has 1 aromatic heterocycles. The number of nitrogens with zero attached hydrogens (tertiary/aromatic N) is 2. The van der Waals surface area contributed by atoms with Gasteiger partial charge in [-0.15, -0.1) is 0 Å². The molecule has 2 nitrogen and oxygen atoms in total. The van der Waals surface area contributed by atoms with E-state index in [1.807, 2.05) is 18.5 Å². The first-order valence-electron chi connectivity index (χ1n) is 16.6. The second-order valence-corrected chi connectivity index (χ2v) is 13.3. The van der Waals surface area contributed by atoms with Crippen LogP contribution in [0.15, 0.2) is 170 Å². The minimum Gasteiger partial charge on any atom is -0.311 e. The Kier molecular flexibility index (Phi) is 6.51. The third kappa shape index (κ3) is 4.60. The molecule has 0 N–H and O–H groups in total. The topological polar surface area (TPSA) is 16.1 Å². The van der Waals surface area contributed by atoms with E-state index in [4.69, 9.17) is 0 Å². The van der Waals surface area contributed by atoms with Crippen molar-refractivity contribution in [1.82, 2.24) is 4.98 Å². The summed E-state index contributed by atoms with van der Waals surface area (Å²) in [6, 6.07) is 57.4. The quantitative estimate of drug-likeness (QED) is 0.173. The zero-order valence-electron chi connectivity index (χ0n) is 27.1. The number of rotatable bonds is 6. The lowest BCUT2D eigenvalue weighted by Gasteiger charge is -2.26. The molecule has 0 saturated heterocycles. The van der Waals surface area contributed by atoms with Gasteiger partial charge in [0.25, 0.3) is 0 Å². The lowest BCUT2D eigenvalue weighted by atomic mass is 9.80. The zero-order chi connectivity index (χ0) is 32.2. The lowest BCUT2D eigenvalue weighted by Crippen LogP contribution is -2.15. The summed E-state index contributed by atoms with van der Waals surface area (Å²) in [7, 11) is 0. The predicted octanol–water partition coefficient (Wildman–Crippen LogP) is 12.5. The highest BCUT2D eigenvalue weighted by atomic mass is 15.1. The summed E-state index contributed by atoms with van der Waals surface area (Å²) in [6.07, 6.45) is 3.72. The summed E-state index contributed by atoms with van der Waals surface area (Å²) in [5.41, 5.74) is 13.3. The summed E-state index contributed by atoms with van der Waals surface area (Å²) in [6.45, 7) is 4.77. The van der Waals surface area contributed by atoms with Gasteiger partial charge >= 0.3 is 0 Å². The molecular formula is C46H34N2. The standard InChI is InChI=1S/C46H34N2/c1-46(2)42-28-37(31-10-5-3-6-11-31)26-34-15-16-35-27-38(29-43(46)45(35)44(34)42)33-19-23-41(24-20-33)48(39-13-7-4-8-14-39)40-21-17-32(18-22-40)36-12-9-25-47-30-36/h3-30H,1-2H3. The maximum atomic E-state index is 4.30. The fraction of sp³-hybridized carbons (Fsp3) is 0.0652. The molecule has 48 heavy (non-hydrogen) atoms. The van der Waals surface area contributed by atoms with Crippen molar-refractivity contribution in [3.8, 4) is 33.4 Å². The van der Waals surface area contributed by atoms with Gasteiger partial charge in [0.1, 0.15) is 0 Å². The van der Waals surface area contributed by atoms with Crippen molar-refractivity contribution in [2.24, 2.45) is 0 Å². The van der Waals surface area contributed by atoms with Crippen LogP contribution in [-0.2, 0) is 5.41 Å². The zero-order valence-corrected chi connectivity index (χ0v) is 27.1. The molecule has 0 atom stereocenters. The maximum absolute atomic E-state index is 4.30. The van der Waals surface area contributed by atoms with Crippen molar-refractivity contribution >= 4 is 38.6 Å². The van der Waals surface area contributed by atoms with E-state index in [1.54, 1.807) is 0 Å².